The van der Waals surface area contributed by atoms with Gasteiger partial charge in [0.15, 0.2) is 11.5 Å². The third-order valence-corrected chi connectivity index (χ3v) is 4.93. The molecule has 0 aliphatic heterocycles. The second-order valence-electron chi connectivity index (χ2n) is 6.62. The van der Waals surface area contributed by atoms with Crippen molar-refractivity contribution in [2.45, 2.75) is 19.3 Å². The first-order valence-corrected chi connectivity index (χ1v) is 8.84. The van der Waals surface area contributed by atoms with Gasteiger partial charge in [-0.25, -0.2) is 5.43 Å². The number of benzene rings is 2. The Balaban J connectivity index is 1.75. The van der Waals surface area contributed by atoms with Crippen molar-refractivity contribution < 1.29 is 24.2 Å². The van der Waals surface area contributed by atoms with E-state index in [2.05, 4.69) is 10.5 Å². The number of amides is 1. The molecule has 0 bridgehead atoms. The maximum atomic E-state index is 12.6. The molecule has 146 valence electrons. The highest BCUT2D eigenvalue weighted by Crippen LogP contribution is 2.37. The highest BCUT2D eigenvalue weighted by Gasteiger charge is 2.37. The number of ketones is 1. The minimum atomic E-state index is -0.782. The number of methoxy groups -OCH3 is 2. The lowest BCUT2D eigenvalue weighted by molar-refractivity contribution is -0.135. The molecule has 2 aromatic carbocycles. The van der Waals surface area contributed by atoms with Crippen LogP contribution in [0.3, 0.4) is 0 Å². The van der Waals surface area contributed by atoms with Gasteiger partial charge in [0.2, 0.25) is 5.75 Å². The standard InChI is InChI=1S/C21H22N2O5/c1-12-15-7-5-4-6-14(15)10-16(24)19(12)21(26)23-22-11-13-8-17(27-2)20(25)18(9-13)28-3/h4-9,11-12,19,25H,10H2,1-3H3,(H,23,26)/b22-11-. The smallest absolute Gasteiger partial charge is 0.251 e. The number of nitrogens with zero attached hydrogens (tertiary/aromatic N) is 1. The van der Waals surface area contributed by atoms with Crippen LogP contribution in [0.5, 0.6) is 17.2 Å². The summed E-state index contributed by atoms with van der Waals surface area (Å²) in [4.78, 5) is 25.1. The van der Waals surface area contributed by atoms with E-state index in [-0.39, 0.29) is 35.4 Å². The number of aromatic hydroxyl groups is 1. The van der Waals surface area contributed by atoms with Crippen LogP contribution in [-0.2, 0) is 16.0 Å². The van der Waals surface area contributed by atoms with E-state index in [1.807, 2.05) is 31.2 Å². The van der Waals surface area contributed by atoms with Crippen LogP contribution in [-0.4, -0.2) is 37.2 Å². The number of hydrogen-bond acceptors (Lipinski definition) is 6. The number of Topliss-reactive ketones (excluding diaryl/α,β-unsaturated/α-hetero) is 1. The molecule has 2 N–H and O–H groups in total. The molecule has 2 atom stereocenters. The van der Waals surface area contributed by atoms with Gasteiger partial charge >= 0.3 is 0 Å². The number of rotatable bonds is 5. The quantitative estimate of drug-likeness (QED) is 0.470. The molecular weight excluding hydrogens is 360 g/mol. The largest absolute Gasteiger partial charge is 0.502 e. The molecule has 0 fully saturated rings. The molecule has 2 unspecified atom stereocenters. The Hall–Kier alpha value is -3.35. The fourth-order valence-corrected chi connectivity index (χ4v) is 3.50. The first-order chi connectivity index (χ1) is 13.5. The third kappa shape index (κ3) is 3.69. The number of ether oxygens (including phenoxy) is 2. The summed E-state index contributed by atoms with van der Waals surface area (Å²) in [5.74, 6) is -1.24. The van der Waals surface area contributed by atoms with Gasteiger partial charge in [-0.15, -0.1) is 0 Å². The van der Waals surface area contributed by atoms with Crippen LogP contribution in [0, 0.1) is 5.92 Å². The molecule has 0 saturated carbocycles. The lowest BCUT2D eigenvalue weighted by Crippen LogP contribution is -2.39. The van der Waals surface area contributed by atoms with Crippen molar-refractivity contribution in [1.82, 2.24) is 5.43 Å². The Morgan fingerprint density at radius 2 is 1.86 bits per heavy atom. The van der Waals surface area contributed by atoms with Crippen molar-refractivity contribution in [1.29, 1.82) is 0 Å². The molecule has 0 heterocycles. The Morgan fingerprint density at radius 1 is 1.21 bits per heavy atom. The predicted octanol–water partition coefficient (Wildman–Crippen LogP) is 2.40. The lowest BCUT2D eigenvalue weighted by Gasteiger charge is -2.28. The van der Waals surface area contributed by atoms with E-state index in [0.717, 1.165) is 11.1 Å². The van der Waals surface area contributed by atoms with Crippen molar-refractivity contribution in [3.8, 4) is 17.2 Å². The van der Waals surface area contributed by atoms with E-state index < -0.39 is 11.8 Å². The van der Waals surface area contributed by atoms with Crippen LogP contribution >= 0.6 is 0 Å². The van der Waals surface area contributed by atoms with Crippen molar-refractivity contribution in [2.24, 2.45) is 11.0 Å². The molecule has 0 saturated heterocycles. The first-order valence-electron chi connectivity index (χ1n) is 8.84. The zero-order valence-corrected chi connectivity index (χ0v) is 15.9. The van der Waals surface area contributed by atoms with E-state index in [9.17, 15) is 14.7 Å². The summed E-state index contributed by atoms with van der Waals surface area (Å²) in [5, 5.41) is 13.9. The number of phenols is 1. The third-order valence-electron chi connectivity index (χ3n) is 4.93. The van der Waals surface area contributed by atoms with E-state index in [1.165, 1.54) is 20.4 Å². The molecule has 1 aliphatic rings. The van der Waals surface area contributed by atoms with E-state index >= 15 is 0 Å². The van der Waals surface area contributed by atoms with Gasteiger partial charge in [-0.05, 0) is 23.3 Å². The Labute approximate surface area is 163 Å². The highest BCUT2D eigenvalue weighted by atomic mass is 16.5. The minimum absolute atomic E-state index is 0.119. The first kappa shape index (κ1) is 19.4. The Kier molecular flexibility index (Phi) is 5.63. The average Bonchev–Trinajstić information content (AvgIpc) is 2.69. The molecule has 1 amide bonds. The predicted molar refractivity (Wildman–Crippen MR) is 104 cm³/mol. The highest BCUT2D eigenvalue weighted by molar-refractivity contribution is 6.04. The molecule has 7 nitrogen and oxygen atoms in total. The second-order valence-corrected chi connectivity index (χ2v) is 6.62. The fourth-order valence-electron chi connectivity index (χ4n) is 3.50. The Bertz CT molecular complexity index is 913. The number of carbonyl (C=O) groups is 2. The van der Waals surface area contributed by atoms with Crippen LogP contribution in [0.1, 0.15) is 29.5 Å². The van der Waals surface area contributed by atoms with Crippen LogP contribution in [0.25, 0.3) is 0 Å². The summed E-state index contributed by atoms with van der Waals surface area (Å²) in [6.45, 7) is 1.87. The molecule has 0 spiro atoms. The molecule has 0 radical (unpaired) electrons. The average molecular weight is 382 g/mol. The molecule has 2 aromatic rings. The van der Waals surface area contributed by atoms with Gasteiger partial charge < -0.3 is 14.6 Å². The molecule has 1 aliphatic carbocycles. The summed E-state index contributed by atoms with van der Waals surface area (Å²) in [6.07, 6.45) is 1.64. The zero-order valence-electron chi connectivity index (χ0n) is 15.9. The summed E-state index contributed by atoms with van der Waals surface area (Å²) >= 11 is 0. The number of phenolic OH excluding ortho intramolecular Hbond substituents is 1. The molecule has 3 rings (SSSR count). The van der Waals surface area contributed by atoms with Crippen molar-refractivity contribution in [2.75, 3.05) is 14.2 Å². The van der Waals surface area contributed by atoms with Crippen molar-refractivity contribution in [3.05, 3.63) is 53.1 Å². The minimum Gasteiger partial charge on any atom is -0.502 e. The SMILES string of the molecule is COc1cc(/C=N\NC(=O)C2C(=O)Cc3ccccc3C2C)cc(OC)c1O. The molecule has 28 heavy (non-hydrogen) atoms. The fraction of sp³-hybridized carbons (Fsp3) is 0.286. The van der Waals surface area contributed by atoms with Crippen LogP contribution in [0.4, 0.5) is 0 Å². The van der Waals surface area contributed by atoms with E-state index in [0.29, 0.717) is 5.56 Å². The summed E-state index contributed by atoms with van der Waals surface area (Å²) in [5.41, 5.74) is 4.98. The number of fused-ring (bicyclic) bond motifs is 1. The Morgan fingerprint density at radius 3 is 2.50 bits per heavy atom. The van der Waals surface area contributed by atoms with Gasteiger partial charge in [0.25, 0.3) is 5.91 Å². The van der Waals surface area contributed by atoms with Gasteiger partial charge in [0.1, 0.15) is 11.7 Å². The number of hydrogen-bond donors (Lipinski definition) is 2. The van der Waals surface area contributed by atoms with Crippen LogP contribution in [0.2, 0.25) is 0 Å². The van der Waals surface area contributed by atoms with Gasteiger partial charge in [0.05, 0.1) is 20.4 Å². The lowest BCUT2D eigenvalue weighted by atomic mass is 9.75. The molecular formula is C21H22N2O5. The van der Waals surface area contributed by atoms with Crippen LogP contribution < -0.4 is 14.9 Å². The van der Waals surface area contributed by atoms with Gasteiger partial charge in [0, 0.05) is 17.9 Å². The van der Waals surface area contributed by atoms with Gasteiger partial charge in [-0.1, -0.05) is 31.2 Å². The summed E-state index contributed by atoms with van der Waals surface area (Å²) < 4.78 is 10.2. The number of nitrogens with one attached hydrogen (secondary N) is 1. The van der Waals surface area contributed by atoms with Gasteiger partial charge in [-0.3, -0.25) is 9.59 Å². The maximum absolute atomic E-state index is 12.6. The van der Waals surface area contributed by atoms with E-state index in [4.69, 9.17) is 9.47 Å². The van der Waals surface area contributed by atoms with Gasteiger partial charge in [-0.2, -0.15) is 5.10 Å². The van der Waals surface area contributed by atoms with E-state index in [1.54, 1.807) is 12.1 Å². The monoisotopic (exact) mass is 382 g/mol. The normalized spacial score (nSPS) is 18.6. The van der Waals surface area contributed by atoms with Crippen molar-refractivity contribution >= 4 is 17.9 Å². The topological polar surface area (TPSA) is 97.2 Å². The summed E-state index contributed by atoms with van der Waals surface area (Å²) in [7, 11) is 2.84. The number of carbonyl (C=O) groups excluding carboxylic acids is 2. The number of hydrazone groups is 1. The molecule has 0 aromatic heterocycles. The maximum Gasteiger partial charge on any atom is 0.251 e. The van der Waals surface area contributed by atoms with Crippen molar-refractivity contribution in [3.63, 3.8) is 0 Å². The van der Waals surface area contributed by atoms with Crippen LogP contribution in [0.15, 0.2) is 41.5 Å². The molecule has 7 heteroatoms. The second kappa shape index (κ2) is 8.12. The summed E-state index contributed by atoms with van der Waals surface area (Å²) in [6, 6.07) is 10.8. The zero-order chi connectivity index (χ0) is 20.3.